The van der Waals surface area contributed by atoms with E-state index in [2.05, 4.69) is 20.6 Å². The minimum atomic E-state index is -1.07. The molecule has 10 nitrogen and oxygen atoms in total. The number of carboxylic acids is 1. The van der Waals surface area contributed by atoms with Crippen molar-refractivity contribution in [2.75, 3.05) is 11.9 Å². The number of carbonyl (C=O) groups excluding carboxylic acids is 2. The van der Waals surface area contributed by atoms with Crippen molar-refractivity contribution in [3.63, 3.8) is 0 Å². The highest BCUT2D eigenvalue weighted by atomic mass is 16.4. The number of nitrogens with one attached hydrogen (secondary N) is 3. The highest BCUT2D eigenvalue weighted by Crippen LogP contribution is 2.29. The summed E-state index contributed by atoms with van der Waals surface area (Å²) in [6.07, 6.45) is 4.07. The van der Waals surface area contributed by atoms with Gasteiger partial charge in [-0.1, -0.05) is 84.9 Å². The number of carbonyl (C=O) groups is 3. The second kappa shape index (κ2) is 14.3. The van der Waals surface area contributed by atoms with Gasteiger partial charge >= 0.3 is 12.0 Å². The number of urea groups is 1. The molecule has 0 aliphatic rings. The Morgan fingerprint density at radius 1 is 0.902 bits per heavy atom. The Balaban J connectivity index is 1.63. The average Bonchev–Trinajstić information content (AvgIpc) is 3.50. The van der Waals surface area contributed by atoms with Crippen LogP contribution in [0.2, 0.25) is 0 Å². The lowest BCUT2D eigenvalue weighted by atomic mass is 9.89. The number of primary amides is 1. The van der Waals surface area contributed by atoms with Gasteiger partial charge < -0.3 is 31.4 Å². The molecule has 10 heteroatoms. The fourth-order valence-electron chi connectivity index (χ4n) is 4.70. The molecule has 1 aromatic heterocycles. The summed E-state index contributed by atoms with van der Waals surface area (Å²) in [5.74, 6) is -1.45. The number of H-pyrrole nitrogens is 1. The van der Waals surface area contributed by atoms with Gasteiger partial charge in [-0.2, -0.15) is 0 Å². The molecule has 0 radical (unpaired) electrons. The van der Waals surface area contributed by atoms with Crippen LogP contribution in [0, 0.1) is 0 Å². The first-order valence-corrected chi connectivity index (χ1v) is 13.4. The third-order valence-electron chi connectivity index (χ3n) is 6.74. The lowest BCUT2D eigenvalue weighted by Crippen LogP contribution is -2.47. The van der Waals surface area contributed by atoms with Gasteiger partial charge in [0.15, 0.2) is 5.95 Å². The van der Waals surface area contributed by atoms with Crippen molar-refractivity contribution in [3.05, 3.63) is 120 Å². The quantitative estimate of drug-likeness (QED) is 0.148. The second-order valence-corrected chi connectivity index (χ2v) is 9.62. The van der Waals surface area contributed by atoms with Gasteiger partial charge in [-0.15, -0.1) is 0 Å². The third kappa shape index (κ3) is 8.18. The maximum atomic E-state index is 14.4. The van der Waals surface area contributed by atoms with Gasteiger partial charge in [-0.25, -0.2) is 14.6 Å². The zero-order chi connectivity index (χ0) is 29.0. The minimum absolute atomic E-state index is 0.0983. The molecular weight excluding hydrogens is 520 g/mol. The number of rotatable bonds is 14. The van der Waals surface area contributed by atoms with Gasteiger partial charge in [0.05, 0.1) is 5.92 Å². The molecule has 6 N–H and O–H groups in total. The van der Waals surface area contributed by atoms with Crippen LogP contribution in [-0.2, 0) is 22.7 Å². The molecule has 3 amide bonds. The number of nitrogens with zero attached hydrogens (tertiary/aromatic N) is 2. The lowest BCUT2D eigenvalue weighted by molar-refractivity contribution is -0.151. The van der Waals surface area contributed by atoms with Gasteiger partial charge in [0.2, 0.25) is 5.91 Å². The molecule has 0 spiro atoms. The largest absolute Gasteiger partial charge is 0.480 e. The van der Waals surface area contributed by atoms with E-state index < -0.39 is 24.0 Å². The normalized spacial score (nSPS) is 11.5. The molecule has 0 aliphatic heterocycles. The van der Waals surface area contributed by atoms with Crippen LogP contribution in [-0.4, -0.2) is 50.5 Å². The van der Waals surface area contributed by atoms with Crippen molar-refractivity contribution in [3.8, 4) is 0 Å². The molecule has 0 fully saturated rings. The Hall–Kier alpha value is -5.12. The fourth-order valence-corrected chi connectivity index (χ4v) is 4.70. The summed E-state index contributed by atoms with van der Waals surface area (Å²) in [5.41, 5.74) is 8.33. The van der Waals surface area contributed by atoms with E-state index in [1.807, 2.05) is 84.9 Å². The van der Waals surface area contributed by atoms with Crippen LogP contribution in [0.1, 0.15) is 41.0 Å². The molecule has 0 aliphatic carbocycles. The van der Waals surface area contributed by atoms with Gasteiger partial charge in [0.25, 0.3) is 0 Å². The summed E-state index contributed by atoms with van der Waals surface area (Å²) in [7, 11) is 0. The number of hydrogen-bond donors (Lipinski definition) is 5. The predicted molar refractivity (Wildman–Crippen MR) is 156 cm³/mol. The maximum Gasteiger partial charge on any atom is 0.326 e. The van der Waals surface area contributed by atoms with Crippen LogP contribution in [0.3, 0.4) is 0 Å². The average molecular weight is 555 g/mol. The molecule has 4 rings (SSSR count). The van der Waals surface area contributed by atoms with E-state index in [0.717, 1.165) is 22.3 Å². The molecular formula is C31H34N6O4. The van der Waals surface area contributed by atoms with Crippen LogP contribution in [0.15, 0.2) is 97.3 Å². The van der Waals surface area contributed by atoms with Crippen LogP contribution in [0.5, 0.6) is 0 Å². The number of benzene rings is 3. The first kappa shape index (κ1) is 28.9. The van der Waals surface area contributed by atoms with Crippen LogP contribution in [0.4, 0.5) is 10.7 Å². The monoisotopic (exact) mass is 554 g/mol. The van der Waals surface area contributed by atoms with Crippen molar-refractivity contribution >= 4 is 23.9 Å². The molecule has 4 aromatic rings. The molecule has 0 saturated heterocycles. The molecule has 3 aromatic carbocycles. The van der Waals surface area contributed by atoms with Crippen molar-refractivity contribution in [1.29, 1.82) is 0 Å². The van der Waals surface area contributed by atoms with Crippen molar-refractivity contribution in [2.24, 2.45) is 5.73 Å². The smallest absolute Gasteiger partial charge is 0.326 e. The van der Waals surface area contributed by atoms with E-state index in [1.54, 1.807) is 12.4 Å². The van der Waals surface area contributed by atoms with Gasteiger partial charge in [-0.05, 0) is 35.1 Å². The maximum absolute atomic E-state index is 14.4. The SMILES string of the molecule is NC(=O)NCc1ccc(CN(C(=O)C(c2ccccc2)c2ccccc2)[C@H](CCCNc2ncc[nH]2)C(=O)O)cc1. The number of imidazole rings is 1. The summed E-state index contributed by atoms with van der Waals surface area (Å²) in [6.45, 7) is 0.853. The Kier molecular flexibility index (Phi) is 10.1. The number of carboxylic acid groups (broad SMARTS) is 1. The number of aliphatic carboxylic acids is 1. The van der Waals surface area contributed by atoms with Crippen molar-refractivity contribution < 1.29 is 19.5 Å². The number of amides is 3. The Labute approximate surface area is 238 Å². The molecule has 1 heterocycles. The topological polar surface area (TPSA) is 153 Å². The summed E-state index contributed by atoms with van der Waals surface area (Å²) in [4.78, 5) is 46.7. The highest BCUT2D eigenvalue weighted by molar-refractivity contribution is 5.90. The lowest BCUT2D eigenvalue weighted by Gasteiger charge is -2.33. The molecule has 0 unspecified atom stereocenters. The van der Waals surface area contributed by atoms with E-state index in [4.69, 9.17) is 5.73 Å². The standard InChI is InChI=1S/C31H34N6O4/c32-30(41)36-20-22-13-15-23(16-14-22)21-37(26(29(39)40)12-7-17-33-31-34-18-19-35-31)28(38)27(24-8-3-1-4-9-24)25-10-5-2-6-11-25/h1-6,8-11,13-16,18-19,26-27H,7,12,17,20-21H2,(H,39,40)(H3,32,36,41)(H2,33,34,35)/t26-/m1/s1. The second-order valence-electron chi connectivity index (χ2n) is 9.62. The summed E-state index contributed by atoms with van der Waals surface area (Å²) in [5, 5.41) is 16.0. The van der Waals surface area contributed by atoms with Gasteiger partial charge in [-0.3, -0.25) is 4.79 Å². The number of aromatic amines is 1. The van der Waals surface area contributed by atoms with E-state index in [-0.39, 0.29) is 25.4 Å². The zero-order valence-corrected chi connectivity index (χ0v) is 22.6. The molecule has 212 valence electrons. The van der Waals surface area contributed by atoms with Crippen LogP contribution < -0.4 is 16.4 Å². The van der Waals surface area contributed by atoms with E-state index in [9.17, 15) is 19.5 Å². The number of aromatic nitrogens is 2. The van der Waals surface area contributed by atoms with Crippen molar-refractivity contribution in [1.82, 2.24) is 20.2 Å². The first-order valence-electron chi connectivity index (χ1n) is 13.4. The summed E-state index contributed by atoms with van der Waals surface area (Å²) >= 11 is 0. The summed E-state index contributed by atoms with van der Waals surface area (Å²) in [6, 6.07) is 24.4. The Morgan fingerprint density at radius 2 is 1.51 bits per heavy atom. The molecule has 0 bridgehead atoms. The predicted octanol–water partition coefficient (Wildman–Crippen LogP) is 4.08. The molecule has 1 atom stereocenters. The number of anilines is 1. The number of hydrogen-bond acceptors (Lipinski definition) is 5. The minimum Gasteiger partial charge on any atom is -0.480 e. The van der Waals surface area contributed by atoms with Crippen molar-refractivity contribution in [2.45, 2.75) is 37.9 Å². The first-order chi connectivity index (χ1) is 19.9. The summed E-state index contributed by atoms with van der Waals surface area (Å²) < 4.78 is 0. The Bertz CT molecular complexity index is 1360. The van der Waals surface area contributed by atoms with E-state index in [0.29, 0.717) is 18.9 Å². The molecule has 41 heavy (non-hydrogen) atoms. The zero-order valence-electron chi connectivity index (χ0n) is 22.6. The van der Waals surface area contributed by atoms with E-state index in [1.165, 1.54) is 4.90 Å². The highest BCUT2D eigenvalue weighted by Gasteiger charge is 2.35. The van der Waals surface area contributed by atoms with Crippen LogP contribution in [0.25, 0.3) is 0 Å². The number of nitrogens with two attached hydrogens (primary N) is 1. The fraction of sp³-hybridized carbons (Fsp3) is 0.226. The third-order valence-corrected chi connectivity index (χ3v) is 6.74. The van der Waals surface area contributed by atoms with Gasteiger partial charge in [0.1, 0.15) is 6.04 Å². The van der Waals surface area contributed by atoms with Gasteiger partial charge in [0, 0.05) is 32.0 Å². The van der Waals surface area contributed by atoms with Crippen LogP contribution >= 0.6 is 0 Å². The molecule has 0 saturated carbocycles. The van der Waals surface area contributed by atoms with E-state index >= 15 is 0 Å². The Morgan fingerprint density at radius 3 is 2.05 bits per heavy atom.